The second-order valence-corrected chi connectivity index (χ2v) is 4.80. The summed E-state index contributed by atoms with van der Waals surface area (Å²) in [5.74, 6) is 0.0276. The number of hydrogen-bond acceptors (Lipinski definition) is 2. The normalized spacial score (nSPS) is 15.2. The van der Waals surface area contributed by atoms with Gasteiger partial charge in [0.25, 0.3) is 0 Å². The van der Waals surface area contributed by atoms with Crippen molar-refractivity contribution in [2.24, 2.45) is 0 Å². The molecule has 0 bridgehead atoms. The predicted octanol–water partition coefficient (Wildman–Crippen LogP) is 1.29. The molecule has 0 saturated carbocycles. The van der Waals surface area contributed by atoms with E-state index in [2.05, 4.69) is 21.2 Å². The highest BCUT2D eigenvalue weighted by molar-refractivity contribution is 9.09. The van der Waals surface area contributed by atoms with Gasteiger partial charge in [-0.05, 0) is 25.7 Å². The minimum Gasteiger partial charge on any atom is -0.347 e. The van der Waals surface area contributed by atoms with Gasteiger partial charge in [0.2, 0.25) is 11.8 Å². The van der Waals surface area contributed by atoms with Crippen LogP contribution in [0.5, 0.6) is 0 Å². The lowest BCUT2D eigenvalue weighted by Crippen LogP contribution is -2.38. The van der Waals surface area contributed by atoms with Crippen molar-refractivity contribution in [2.45, 2.75) is 32.1 Å². The van der Waals surface area contributed by atoms with E-state index in [4.69, 9.17) is 0 Å². The van der Waals surface area contributed by atoms with Crippen LogP contribution in [0.25, 0.3) is 0 Å². The molecule has 1 rings (SSSR count). The summed E-state index contributed by atoms with van der Waals surface area (Å²) < 4.78 is 0. The summed E-state index contributed by atoms with van der Waals surface area (Å²) in [5.41, 5.74) is 0. The molecule has 1 aliphatic rings. The van der Waals surface area contributed by atoms with Crippen molar-refractivity contribution in [1.29, 1.82) is 0 Å². The number of amides is 2. The zero-order chi connectivity index (χ0) is 11.8. The van der Waals surface area contributed by atoms with Crippen molar-refractivity contribution in [3.05, 3.63) is 0 Å². The molecule has 0 aromatic rings. The third kappa shape index (κ3) is 4.96. The summed E-state index contributed by atoms with van der Waals surface area (Å²) in [6.45, 7) is 1.85. The molecule has 0 unspecified atom stereocenters. The van der Waals surface area contributed by atoms with Crippen molar-refractivity contribution in [3.63, 3.8) is 0 Å². The summed E-state index contributed by atoms with van der Waals surface area (Å²) in [7, 11) is 0. The molecule has 1 fully saturated rings. The van der Waals surface area contributed by atoms with E-state index in [1.807, 2.05) is 4.90 Å². The summed E-state index contributed by atoms with van der Waals surface area (Å²) in [5, 5.41) is 3.60. The molecule has 1 aliphatic heterocycles. The topological polar surface area (TPSA) is 49.4 Å². The molecular weight excluding hydrogens is 272 g/mol. The molecule has 16 heavy (non-hydrogen) atoms. The van der Waals surface area contributed by atoms with E-state index in [-0.39, 0.29) is 18.4 Å². The van der Waals surface area contributed by atoms with Gasteiger partial charge in [-0.3, -0.25) is 9.59 Å². The van der Waals surface area contributed by atoms with Crippen LogP contribution in [-0.4, -0.2) is 41.7 Å². The molecule has 1 N–H and O–H groups in total. The Hall–Kier alpha value is -0.580. The first-order chi connectivity index (χ1) is 7.74. The first-order valence-corrected chi connectivity index (χ1v) is 6.96. The molecule has 92 valence electrons. The molecule has 1 heterocycles. The van der Waals surface area contributed by atoms with Crippen LogP contribution in [0.1, 0.15) is 32.1 Å². The highest BCUT2D eigenvalue weighted by Gasteiger charge is 2.17. The Morgan fingerprint density at radius 1 is 1.19 bits per heavy atom. The van der Waals surface area contributed by atoms with Crippen LogP contribution < -0.4 is 5.32 Å². The molecule has 0 spiro atoms. The smallest absolute Gasteiger partial charge is 0.241 e. The number of carbonyl (C=O) groups excluding carboxylic acids is 2. The van der Waals surface area contributed by atoms with Crippen LogP contribution in [0.15, 0.2) is 0 Å². The maximum atomic E-state index is 11.6. The van der Waals surface area contributed by atoms with Gasteiger partial charge in [-0.25, -0.2) is 0 Å². The largest absolute Gasteiger partial charge is 0.347 e. The number of nitrogens with zero attached hydrogens (tertiary/aromatic N) is 1. The van der Waals surface area contributed by atoms with E-state index in [0.717, 1.165) is 44.1 Å². The number of hydrogen-bond donors (Lipinski definition) is 1. The maximum absolute atomic E-state index is 11.6. The number of nitrogens with one attached hydrogen (secondary N) is 1. The fraction of sp³-hybridized carbons (Fsp3) is 0.818. The second-order valence-electron chi connectivity index (χ2n) is 4.01. The van der Waals surface area contributed by atoms with Crippen LogP contribution in [0.2, 0.25) is 0 Å². The lowest BCUT2D eigenvalue weighted by Gasteiger charge is -2.15. The fourth-order valence-electron chi connectivity index (χ4n) is 1.72. The molecule has 0 aromatic carbocycles. The van der Waals surface area contributed by atoms with Gasteiger partial charge in [0.15, 0.2) is 0 Å². The Balaban J connectivity index is 2.08. The Labute approximate surface area is 105 Å². The van der Waals surface area contributed by atoms with Crippen molar-refractivity contribution in [1.82, 2.24) is 10.2 Å². The van der Waals surface area contributed by atoms with Crippen LogP contribution in [0.4, 0.5) is 0 Å². The minimum atomic E-state index is -0.0199. The molecule has 1 saturated heterocycles. The summed E-state index contributed by atoms with van der Waals surface area (Å²) in [6, 6.07) is 0. The summed E-state index contributed by atoms with van der Waals surface area (Å²) in [4.78, 5) is 24.7. The van der Waals surface area contributed by atoms with Gasteiger partial charge >= 0.3 is 0 Å². The van der Waals surface area contributed by atoms with Crippen molar-refractivity contribution in [2.75, 3.05) is 25.0 Å². The van der Waals surface area contributed by atoms with Gasteiger partial charge in [0.05, 0.1) is 6.54 Å². The quantitative estimate of drug-likeness (QED) is 0.592. The van der Waals surface area contributed by atoms with Gasteiger partial charge in [0, 0.05) is 24.8 Å². The molecule has 0 atom stereocenters. The predicted molar refractivity (Wildman–Crippen MR) is 66.5 cm³/mol. The third-order valence-electron chi connectivity index (χ3n) is 2.68. The van der Waals surface area contributed by atoms with Gasteiger partial charge in [-0.1, -0.05) is 15.9 Å². The summed E-state index contributed by atoms with van der Waals surface area (Å²) in [6.07, 6.45) is 4.55. The van der Waals surface area contributed by atoms with Crippen LogP contribution in [0, 0.1) is 0 Å². The average molecular weight is 291 g/mol. The number of likely N-dealkylation sites (tertiary alicyclic amines) is 1. The van der Waals surface area contributed by atoms with Gasteiger partial charge in [-0.2, -0.15) is 0 Å². The van der Waals surface area contributed by atoms with E-state index in [9.17, 15) is 9.59 Å². The van der Waals surface area contributed by atoms with Crippen molar-refractivity contribution >= 4 is 27.7 Å². The van der Waals surface area contributed by atoms with Gasteiger partial charge in [-0.15, -0.1) is 0 Å². The monoisotopic (exact) mass is 290 g/mol. The maximum Gasteiger partial charge on any atom is 0.241 e. The first kappa shape index (κ1) is 13.5. The molecule has 4 nitrogen and oxygen atoms in total. The lowest BCUT2D eigenvalue weighted by molar-refractivity contribution is -0.132. The number of rotatable bonds is 6. The lowest BCUT2D eigenvalue weighted by atomic mass is 10.2. The second kappa shape index (κ2) is 7.65. The molecule has 5 heteroatoms. The number of unbranched alkanes of at least 4 members (excludes halogenated alkanes) is 1. The molecule has 0 radical (unpaired) electrons. The Kier molecular flexibility index (Phi) is 6.45. The molecule has 2 amide bonds. The zero-order valence-corrected chi connectivity index (χ0v) is 11.1. The number of alkyl halides is 1. The third-order valence-corrected chi connectivity index (χ3v) is 3.24. The number of carbonyl (C=O) groups is 2. The number of halogens is 1. The van der Waals surface area contributed by atoms with E-state index < -0.39 is 0 Å². The van der Waals surface area contributed by atoms with Crippen molar-refractivity contribution < 1.29 is 9.59 Å². The van der Waals surface area contributed by atoms with Crippen LogP contribution >= 0.6 is 15.9 Å². The van der Waals surface area contributed by atoms with E-state index in [0.29, 0.717) is 6.42 Å². The Morgan fingerprint density at radius 3 is 2.50 bits per heavy atom. The van der Waals surface area contributed by atoms with E-state index >= 15 is 0 Å². The Bertz CT molecular complexity index is 240. The summed E-state index contributed by atoms with van der Waals surface area (Å²) >= 11 is 3.31. The SMILES string of the molecule is O=C(CCCCBr)NCC(=O)N1CCCC1. The molecule has 0 aromatic heterocycles. The highest BCUT2D eigenvalue weighted by Crippen LogP contribution is 2.06. The first-order valence-electron chi connectivity index (χ1n) is 5.84. The highest BCUT2D eigenvalue weighted by atomic mass is 79.9. The zero-order valence-electron chi connectivity index (χ0n) is 9.51. The average Bonchev–Trinajstić information content (AvgIpc) is 2.79. The van der Waals surface area contributed by atoms with Crippen molar-refractivity contribution in [3.8, 4) is 0 Å². The van der Waals surface area contributed by atoms with E-state index in [1.54, 1.807) is 0 Å². The van der Waals surface area contributed by atoms with Gasteiger partial charge < -0.3 is 10.2 Å². The molecular formula is C11H19BrN2O2. The van der Waals surface area contributed by atoms with E-state index in [1.165, 1.54) is 0 Å². The van der Waals surface area contributed by atoms with Crippen LogP contribution in [0.3, 0.4) is 0 Å². The van der Waals surface area contributed by atoms with Gasteiger partial charge in [0.1, 0.15) is 0 Å². The Morgan fingerprint density at radius 2 is 1.88 bits per heavy atom. The van der Waals surface area contributed by atoms with Crippen LogP contribution in [-0.2, 0) is 9.59 Å². The standard InChI is InChI=1S/C11H19BrN2O2/c12-6-2-1-5-10(15)13-9-11(16)14-7-3-4-8-14/h1-9H2,(H,13,15). The molecule has 0 aliphatic carbocycles. The minimum absolute atomic E-state index is 0.0199. The fourth-order valence-corrected chi connectivity index (χ4v) is 2.12.